The molecule has 1 heterocycles. The van der Waals surface area contributed by atoms with Gasteiger partial charge in [0, 0.05) is 18.2 Å². The van der Waals surface area contributed by atoms with Crippen molar-refractivity contribution in [1.82, 2.24) is 0 Å². The summed E-state index contributed by atoms with van der Waals surface area (Å²) in [5.41, 5.74) is 7.22. The van der Waals surface area contributed by atoms with Crippen LogP contribution in [0.25, 0.3) is 0 Å². The van der Waals surface area contributed by atoms with Gasteiger partial charge in [-0.05, 0) is 5.41 Å². The molecule has 0 aromatic carbocycles. The van der Waals surface area contributed by atoms with Crippen molar-refractivity contribution in [2.75, 3.05) is 6.54 Å². The summed E-state index contributed by atoms with van der Waals surface area (Å²) in [6, 6.07) is 0.286. The van der Waals surface area contributed by atoms with E-state index in [1.165, 1.54) is 5.71 Å². The number of rotatable bonds is 0. The van der Waals surface area contributed by atoms with Gasteiger partial charge in [-0.3, -0.25) is 4.99 Å². The standard InChI is InChI=1S/C8H16N2/c1-8(2,3)7-4-6(9)5-10-7/h6H,4-5,9H2,1-3H3. The number of hydrogen-bond donors (Lipinski definition) is 1. The molecule has 0 radical (unpaired) electrons. The third kappa shape index (κ3) is 1.57. The molecule has 0 amide bonds. The molecule has 1 rings (SSSR count). The van der Waals surface area contributed by atoms with Gasteiger partial charge in [-0.25, -0.2) is 0 Å². The normalized spacial score (nSPS) is 26.8. The Morgan fingerprint density at radius 3 is 2.30 bits per heavy atom. The third-order valence-electron chi connectivity index (χ3n) is 1.84. The van der Waals surface area contributed by atoms with Gasteiger partial charge in [0.1, 0.15) is 0 Å². The maximum atomic E-state index is 5.71. The number of aliphatic imine (C=N–C) groups is 1. The van der Waals surface area contributed by atoms with Crippen LogP contribution in [0, 0.1) is 5.41 Å². The Morgan fingerprint density at radius 1 is 1.50 bits per heavy atom. The van der Waals surface area contributed by atoms with Crippen LogP contribution in [-0.4, -0.2) is 18.3 Å². The minimum Gasteiger partial charge on any atom is -0.326 e. The Morgan fingerprint density at radius 2 is 2.10 bits per heavy atom. The molecule has 2 N–H and O–H groups in total. The van der Waals surface area contributed by atoms with Gasteiger partial charge in [-0.2, -0.15) is 0 Å². The van der Waals surface area contributed by atoms with Crippen molar-refractivity contribution in [3.8, 4) is 0 Å². The average molecular weight is 140 g/mol. The first kappa shape index (κ1) is 7.73. The van der Waals surface area contributed by atoms with E-state index in [-0.39, 0.29) is 11.5 Å². The van der Waals surface area contributed by atoms with E-state index in [1.54, 1.807) is 0 Å². The van der Waals surface area contributed by atoms with Gasteiger partial charge < -0.3 is 5.73 Å². The first-order valence-corrected chi connectivity index (χ1v) is 3.79. The second kappa shape index (κ2) is 2.35. The lowest BCUT2D eigenvalue weighted by Gasteiger charge is -2.18. The van der Waals surface area contributed by atoms with Gasteiger partial charge in [0.2, 0.25) is 0 Å². The molecule has 10 heavy (non-hydrogen) atoms. The highest BCUT2D eigenvalue weighted by Crippen LogP contribution is 2.22. The lowest BCUT2D eigenvalue weighted by Crippen LogP contribution is -2.25. The van der Waals surface area contributed by atoms with Crippen molar-refractivity contribution < 1.29 is 0 Å². The molecule has 0 spiro atoms. The Kier molecular flexibility index (Phi) is 1.82. The van der Waals surface area contributed by atoms with Gasteiger partial charge in [0.15, 0.2) is 0 Å². The molecule has 0 aliphatic carbocycles. The van der Waals surface area contributed by atoms with Gasteiger partial charge in [-0.15, -0.1) is 0 Å². The minimum atomic E-state index is 0.230. The van der Waals surface area contributed by atoms with Crippen LogP contribution in [0.4, 0.5) is 0 Å². The largest absolute Gasteiger partial charge is 0.326 e. The Labute approximate surface area is 62.5 Å². The highest BCUT2D eigenvalue weighted by atomic mass is 14.9. The molecule has 0 aromatic heterocycles. The van der Waals surface area contributed by atoms with E-state index in [0.29, 0.717) is 0 Å². The summed E-state index contributed by atoms with van der Waals surface area (Å²) in [5, 5.41) is 0. The Bertz CT molecular complexity index is 153. The molecule has 0 saturated heterocycles. The highest BCUT2D eigenvalue weighted by Gasteiger charge is 2.24. The van der Waals surface area contributed by atoms with Crippen molar-refractivity contribution in [3.05, 3.63) is 0 Å². The highest BCUT2D eigenvalue weighted by molar-refractivity contribution is 5.91. The summed E-state index contributed by atoms with van der Waals surface area (Å²) in [4.78, 5) is 4.38. The molecule has 1 atom stereocenters. The molecule has 1 aliphatic heterocycles. The molecule has 0 fully saturated rings. The summed E-state index contributed by atoms with van der Waals surface area (Å²) in [5.74, 6) is 0. The van der Waals surface area contributed by atoms with Crippen LogP contribution >= 0.6 is 0 Å². The SMILES string of the molecule is CC(C)(C)C1=NCC(N)C1. The fourth-order valence-electron chi connectivity index (χ4n) is 1.15. The van der Waals surface area contributed by atoms with Crippen LogP contribution in [0.5, 0.6) is 0 Å². The molecule has 1 unspecified atom stereocenters. The predicted molar refractivity (Wildman–Crippen MR) is 44.3 cm³/mol. The first-order chi connectivity index (χ1) is 4.50. The summed E-state index contributed by atoms with van der Waals surface area (Å²) >= 11 is 0. The monoisotopic (exact) mass is 140 g/mol. The van der Waals surface area contributed by atoms with Crippen molar-refractivity contribution in [2.24, 2.45) is 16.1 Å². The lowest BCUT2D eigenvalue weighted by atomic mass is 9.88. The van der Waals surface area contributed by atoms with Crippen molar-refractivity contribution in [1.29, 1.82) is 0 Å². The van der Waals surface area contributed by atoms with E-state index in [0.717, 1.165) is 13.0 Å². The second-order valence-electron chi connectivity index (χ2n) is 4.00. The Hall–Kier alpha value is -0.370. The van der Waals surface area contributed by atoms with Crippen LogP contribution in [-0.2, 0) is 0 Å². The Balaban J connectivity index is 2.60. The van der Waals surface area contributed by atoms with Crippen molar-refractivity contribution in [3.63, 3.8) is 0 Å². The molecule has 2 nitrogen and oxygen atoms in total. The van der Waals surface area contributed by atoms with Crippen LogP contribution in [0.2, 0.25) is 0 Å². The first-order valence-electron chi connectivity index (χ1n) is 3.79. The predicted octanol–water partition coefficient (Wildman–Crippen LogP) is 1.20. The van der Waals surface area contributed by atoms with Crippen LogP contribution in [0.1, 0.15) is 27.2 Å². The van der Waals surface area contributed by atoms with E-state index in [2.05, 4.69) is 25.8 Å². The molecule has 0 bridgehead atoms. The number of nitrogens with zero attached hydrogens (tertiary/aromatic N) is 1. The lowest BCUT2D eigenvalue weighted by molar-refractivity contribution is 0.579. The quantitative estimate of drug-likeness (QED) is 0.539. The van der Waals surface area contributed by atoms with Crippen LogP contribution in [0.3, 0.4) is 0 Å². The average Bonchev–Trinajstić information content (AvgIpc) is 2.11. The van der Waals surface area contributed by atoms with Crippen LogP contribution in [0.15, 0.2) is 4.99 Å². The number of hydrogen-bond acceptors (Lipinski definition) is 2. The molecule has 0 saturated carbocycles. The zero-order chi connectivity index (χ0) is 7.78. The zero-order valence-electron chi connectivity index (χ0n) is 7.02. The summed E-state index contributed by atoms with van der Waals surface area (Å²) in [7, 11) is 0. The van der Waals surface area contributed by atoms with Crippen LogP contribution < -0.4 is 5.73 Å². The van der Waals surface area contributed by atoms with E-state index in [4.69, 9.17) is 5.73 Å². The molecule has 2 heteroatoms. The third-order valence-corrected chi connectivity index (χ3v) is 1.84. The topological polar surface area (TPSA) is 38.4 Å². The molecular weight excluding hydrogens is 124 g/mol. The molecular formula is C8H16N2. The van der Waals surface area contributed by atoms with Crippen molar-refractivity contribution >= 4 is 5.71 Å². The minimum absolute atomic E-state index is 0.230. The van der Waals surface area contributed by atoms with E-state index in [9.17, 15) is 0 Å². The summed E-state index contributed by atoms with van der Waals surface area (Å²) < 4.78 is 0. The van der Waals surface area contributed by atoms with E-state index < -0.39 is 0 Å². The zero-order valence-corrected chi connectivity index (χ0v) is 7.02. The second-order valence-corrected chi connectivity index (χ2v) is 4.00. The van der Waals surface area contributed by atoms with Gasteiger partial charge in [0.05, 0.1) is 6.54 Å². The number of nitrogens with two attached hydrogens (primary N) is 1. The fraction of sp³-hybridized carbons (Fsp3) is 0.875. The molecule has 58 valence electrons. The summed E-state index contributed by atoms with van der Waals surface area (Å²) in [6.45, 7) is 7.38. The summed E-state index contributed by atoms with van der Waals surface area (Å²) in [6.07, 6.45) is 0.990. The maximum absolute atomic E-state index is 5.71. The van der Waals surface area contributed by atoms with Gasteiger partial charge in [-0.1, -0.05) is 20.8 Å². The van der Waals surface area contributed by atoms with E-state index >= 15 is 0 Å². The smallest absolute Gasteiger partial charge is 0.0544 e. The fourth-order valence-corrected chi connectivity index (χ4v) is 1.15. The van der Waals surface area contributed by atoms with Gasteiger partial charge >= 0.3 is 0 Å². The molecule has 1 aliphatic rings. The maximum Gasteiger partial charge on any atom is 0.0544 e. The molecule has 0 aromatic rings. The van der Waals surface area contributed by atoms with E-state index in [1.807, 2.05) is 0 Å². The van der Waals surface area contributed by atoms with Crippen molar-refractivity contribution in [2.45, 2.75) is 33.2 Å². The van der Waals surface area contributed by atoms with Gasteiger partial charge in [0.25, 0.3) is 0 Å².